The summed E-state index contributed by atoms with van der Waals surface area (Å²) in [4.78, 5) is 0. The molecule has 2 nitrogen and oxygen atoms in total. The predicted molar refractivity (Wildman–Crippen MR) is 77.7 cm³/mol. The van der Waals surface area contributed by atoms with Crippen molar-refractivity contribution < 1.29 is 8.81 Å². The highest BCUT2D eigenvalue weighted by Crippen LogP contribution is 2.34. The van der Waals surface area contributed by atoms with Crippen molar-refractivity contribution in [3.63, 3.8) is 0 Å². The maximum absolute atomic E-state index is 12.9. The van der Waals surface area contributed by atoms with E-state index in [1.165, 1.54) is 31.4 Å². The standard InChI is InChI=1S/C17H20FNO/c1-2-3-13-10-16(13)19-11-15-8-9-17(20-15)12-4-6-14(18)7-5-12/h4-9,13,16,19H,2-3,10-11H2,1H3. The first-order valence-corrected chi connectivity index (χ1v) is 7.34. The molecular weight excluding hydrogens is 253 g/mol. The molecule has 0 bridgehead atoms. The molecule has 2 aromatic rings. The maximum Gasteiger partial charge on any atom is 0.134 e. The van der Waals surface area contributed by atoms with Gasteiger partial charge in [-0.05, 0) is 55.2 Å². The molecule has 0 aliphatic heterocycles. The van der Waals surface area contributed by atoms with Gasteiger partial charge in [0, 0.05) is 11.6 Å². The fraction of sp³-hybridized carbons (Fsp3) is 0.412. The molecule has 0 radical (unpaired) electrons. The molecule has 2 atom stereocenters. The Bertz CT molecular complexity index is 561. The van der Waals surface area contributed by atoms with Crippen LogP contribution >= 0.6 is 0 Å². The van der Waals surface area contributed by atoms with E-state index < -0.39 is 0 Å². The Morgan fingerprint density at radius 1 is 1.20 bits per heavy atom. The third-order valence-electron chi connectivity index (χ3n) is 3.91. The molecule has 20 heavy (non-hydrogen) atoms. The lowest BCUT2D eigenvalue weighted by molar-refractivity contribution is 0.483. The van der Waals surface area contributed by atoms with Crippen molar-refractivity contribution in [2.24, 2.45) is 5.92 Å². The van der Waals surface area contributed by atoms with Crippen LogP contribution < -0.4 is 5.32 Å². The van der Waals surface area contributed by atoms with Gasteiger partial charge in [-0.15, -0.1) is 0 Å². The minimum atomic E-state index is -0.224. The van der Waals surface area contributed by atoms with Crippen LogP contribution in [0.25, 0.3) is 11.3 Å². The van der Waals surface area contributed by atoms with Crippen LogP contribution in [0.3, 0.4) is 0 Å². The zero-order valence-corrected chi connectivity index (χ0v) is 11.7. The van der Waals surface area contributed by atoms with Crippen LogP contribution in [-0.2, 0) is 6.54 Å². The molecule has 1 aromatic heterocycles. The quantitative estimate of drug-likeness (QED) is 0.845. The molecule has 2 unspecified atom stereocenters. The van der Waals surface area contributed by atoms with Gasteiger partial charge in [0.1, 0.15) is 17.3 Å². The Labute approximate surface area is 119 Å². The molecule has 1 aliphatic carbocycles. The number of halogens is 1. The van der Waals surface area contributed by atoms with Gasteiger partial charge < -0.3 is 9.73 Å². The van der Waals surface area contributed by atoms with E-state index in [0.29, 0.717) is 6.04 Å². The number of nitrogens with one attached hydrogen (secondary N) is 1. The second-order valence-corrected chi connectivity index (χ2v) is 5.54. The molecule has 106 valence electrons. The van der Waals surface area contributed by atoms with Crippen molar-refractivity contribution in [2.75, 3.05) is 0 Å². The van der Waals surface area contributed by atoms with Crippen molar-refractivity contribution in [3.05, 3.63) is 48.0 Å². The average Bonchev–Trinajstić information content (AvgIpc) is 3.02. The lowest BCUT2D eigenvalue weighted by atomic mass is 10.2. The Balaban J connectivity index is 1.56. The van der Waals surface area contributed by atoms with Gasteiger partial charge in [-0.1, -0.05) is 13.3 Å². The molecule has 0 saturated heterocycles. The van der Waals surface area contributed by atoms with Gasteiger partial charge in [0.05, 0.1) is 6.54 Å². The minimum absolute atomic E-state index is 0.224. The Morgan fingerprint density at radius 2 is 2.00 bits per heavy atom. The summed E-state index contributed by atoms with van der Waals surface area (Å²) in [7, 11) is 0. The van der Waals surface area contributed by atoms with Crippen LogP contribution in [0, 0.1) is 11.7 Å². The van der Waals surface area contributed by atoms with E-state index in [4.69, 9.17) is 4.42 Å². The van der Waals surface area contributed by atoms with E-state index in [2.05, 4.69) is 12.2 Å². The molecule has 3 heteroatoms. The van der Waals surface area contributed by atoms with E-state index in [1.807, 2.05) is 12.1 Å². The molecule has 1 aromatic carbocycles. The van der Waals surface area contributed by atoms with Gasteiger partial charge in [-0.2, -0.15) is 0 Å². The summed E-state index contributed by atoms with van der Waals surface area (Å²) < 4.78 is 18.7. The second kappa shape index (κ2) is 5.80. The zero-order chi connectivity index (χ0) is 13.9. The maximum atomic E-state index is 12.9. The lowest BCUT2D eigenvalue weighted by Gasteiger charge is -2.01. The molecule has 0 amide bonds. The fourth-order valence-corrected chi connectivity index (χ4v) is 2.66. The van der Waals surface area contributed by atoms with Crippen molar-refractivity contribution in [2.45, 2.75) is 38.8 Å². The molecule has 1 N–H and O–H groups in total. The molecule has 3 rings (SSSR count). The van der Waals surface area contributed by atoms with Crippen LogP contribution in [-0.4, -0.2) is 6.04 Å². The zero-order valence-electron chi connectivity index (χ0n) is 11.7. The number of rotatable bonds is 6. The Kier molecular flexibility index (Phi) is 3.88. The third-order valence-corrected chi connectivity index (χ3v) is 3.91. The molecular formula is C17H20FNO. The van der Waals surface area contributed by atoms with Crippen molar-refractivity contribution in [1.29, 1.82) is 0 Å². The molecule has 1 aliphatic rings. The fourth-order valence-electron chi connectivity index (χ4n) is 2.66. The second-order valence-electron chi connectivity index (χ2n) is 5.54. The number of benzene rings is 1. The van der Waals surface area contributed by atoms with Gasteiger partial charge >= 0.3 is 0 Å². The van der Waals surface area contributed by atoms with Crippen LogP contribution in [0.5, 0.6) is 0 Å². The average molecular weight is 273 g/mol. The van der Waals surface area contributed by atoms with E-state index in [9.17, 15) is 4.39 Å². The van der Waals surface area contributed by atoms with Crippen molar-refractivity contribution in [1.82, 2.24) is 5.32 Å². The van der Waals surface area contributed by atoms with E-state index in [-0.39, 0.29) is 5.82 Å². The number of hydrogen-bond acceptors (Lipinski definition) is 2. The minimum Gasteiger partial charge on any atom is -0.460 e. The SMILES string of the molecule is CCCC1CC1NCc1ccc(-c2ccc(F)cc2)o1. The molecule has 0 spiro atoms. The van der Waals surface area contributed by atoms with Crippen molar-refractivity contribution >= 4 is 0 Å². The topological polar surface area (TPSA) is 25.2 Å². The molecule has 1 fully saturated rings. The predicted octanol–water partition coefficient (Wildman–Crippen LogP) is 4.36. The van der Waals surface area contributed by atoms with E-state index >= 15 is 0 Å². The van der Waals surface area contributed by atoms with E-state index in [1.54, 1.807) is 12.1 Å². The Morgan fingerprint density at radius 3 is 2.75 bits per heavy atom. The third kappa shape index (κ3) is 3.10. The summed E-state index contributed by atoms with van der Waals surface area (Å²) in [5.74, 6) is 2.36. The van der Waals surface area contributed by atoms with Crippen LogP contribution in [0.1, 0.15) is 31.9 Å². The highest BCUT2D eigenvalue weighted by atomic mass is 19.1. The molecule has 1 saturated carbocycles. The summed E-state index contributed by atoms with van der Waals surface area (Å²) >= 11 is 0. The smallest absolute Gasteiger partial charge is 0.134 e. The Hall–Kier alpha value is -1.61. The number of furan rings is 1. The summed E-state index contributed by atoms with van der Waals surface area (Å²) in [6, 6.07) is 11.0. The first-order valence-electron chi connectivity index (χ1n) is 7.34. The van der Waals surface area contributed by atoms with Gasteiger partial charge in [0.2, 0.25) is 0 Å². The highest BCUT2D eigenvalue weighted by Gasteiger charge is 2.35. The summed E-state index contributed by atoms with van der Waals surface area (Å²) in [5, 5.41) is 3.53. The first-order chi connectivity index (χ1) is 9.76. The van der Waals surface area contributed by atoms with Gasteiger partial charge in [-0.3, -0.25) is 0 Å². The van der Waals surface area contributed by atoms with Gasteiger partial charge in [0.15, 0.2) is 0 Å². The summed E-state index contributed by atoms with van der Waals surface area (Å²) in [6.07, 6.45) is 3.87. The van der Waals surface area contributed by atoms with Gasteiger partial charge in [0.25, 0.3) is 0 Å². The van der Waals surface area contributed by atoms with Crippen LogP contribution in [0.2, 0.25) is 0 Å². The van der Waals surface area contributed by atoms with Crippen LogP contribution in [0.15, 0.2) is 40.8 Å². The van der Waals surface area contributed by atoms with Crippen LogP contribution in [0.4, 0.5) is 4.39 Å². The number of hydrogen-bond donors (Lipinski definition) is 1. The largest absolute Gasteiger partial charge is 0.460 e. The molecule has 1 heterocycles. The van der Waals surface area contributed by atoms with E-state index in [0.717, 1.165) is 29.5 Å². The summed E-state index contributed by atoms with van der Waals surface area (Å²) in [5.41, 5.74) is 0.910. The monoisotopic (exact) mass is 273 g/mol. The summed E-state index contributed by atoms with van der Waals surface area (Å²) in [6.45, 7) is 3.00. The van der Waals surface area contributed by atoms with Crippen molar-refractivity contribution in [3.8, 4) is 11.3 Å². The normalized spacial score (nSPS) is 21.1. The highest BCUT2D eigenvalue weighted by molar-refractivity contribution is 5.57. The lowest BCUT2D eigenvalue weighted by Crippen LogP contribution is -2.17. The first kappa shape index (κ1) is 13.4. The van der Waals surface area contributed by atoms with Gasteiger partial charge in [-0.25, -0.2) is 4.39 Å².